The van der Waals surface area contributed by atoms with Crippen LogP contribution in [0.25, 0.3) is 0 Å². The molecule has 0 aromatic heterocycles. The second-order valence-corrected chi connectivity index (χ2v) is 7.63. The maximum atomic E-state index is 8.65. The molecule has 0 radical (unpaired) electrons. The lowest BCUT2D eigenvalue weighted by Crippen LogP contribution is -2.26. The number of aromatic hydroxyl groups is 1. The van der Waals surface area contributed by atoms with Gasteiger partial charge in [0.15, 0.2) is 17.8 Å². The molecule has 1 heterocycles. The molecule has 0 unspecified atom stereocenters. The van der Waals surface area contributed by atoms with E-state index in [4.69, 9.17) is 18.4 Å². The zero-order valence-corrected chi connectivity index (χ0v) is 14.4. The van der Waals surface area contributed by atoms with Crippen LogP contribution in [0.15, 0.2) is 42.5 Å². The monoisotopic (exact) mass is 351 g/mol. The van der Waals surface area contributed by atoms with Crippen LogP contribution in [0.2, 0.25) is 0 Å². The van der Waals surface area contributed by atoms with Crippen LogP contribution in [0.1, 0.15) is 19.0 Å². The molecule has 0 aliphatic carbocycles. The summed E-state index contributed by atoms with van der Waals surface area (Å²) in [5, 5.41) is 10.4. The summed E-state index contributed by atoms with van der Waals surface area (Å²) in [6, 6.07) is 13.4. The molecule has 1 saturated heterocycles. The molecular formula is C18H21O5P. The predicted octanol–water partition coefficient (Wildman–Crippen LogP) is 2.95. The third kappa shape index (κ3) is 3.34. The predicted molar refractivity (Wildman–Crippen MR) is 93.5 cm³/mol. The molecule has 0 saturated carbocycles. The first-order valence-corrected chi connectivity index (χ1v) is 9.10. The second-order valence-electron chi connectivity index (χ2n) is 5.36. The van der Waals surface area contributed by atoms with E-state index >= 15 is 0 Å². The normalized spacial score (nSPS) is 28.3. The fourth-order valence-corrected chi connectivity index (χ4v) is 5.11. The van der Waals surface area contributed by atoms with Crippen LogP contribution in [0.4, 0.5) is 0 Å². The van der Waals surface area contributed by atoms with Crippen molar-refractivity contribution in [3.05, 3.63) is 48.0 Å². The number of hydrogen-bond acceptors (Lipinski definition) is 5. The highest BCUT2D eigenvalue weighted by molar-refractivity contribution is 7.65. The van der Waals surface area contributed by atoms with Crippen LogP contribution in [0.5, 0.6) is 17.2 Å². The molecule has 2 N–H and O–H groups in total. The Labute approximate surface area is 146 Å². The molecule has 128 valence electrons. The number of aliphatic hydroxyl groups is 1. The highest BCUT2D eigenvalue weighted by atomic mass is 31.1. The molecule has 0 amide bonds. The highest BCUT2D eigenvalue weighted by Gasteiger charge is 2.33. The summed E-state index contributed by atoms with van der Waals surface area (Å²) >= 11 is 0. The van der Waals surface area contributed by atoms with E-state index in [0.717, 1.165) is 10.9 Å². The lowest BCUT2D eigenvalue weighted by atomic mass is 10.1. The number of rotatable bonds is 6. The number of methoxy groups -OCH3 is 2. The van der Waals surface area contributed by atoms with Gasteiger partial charge in [-0.3, -0.25) is 0 Å². The standard InChI is InChI=1S/C18H21O5P/c1-21-14-8-12(9-15(22-2)18(14)20)16-10-17(19)23-11-24(16)13-6-4-3-5-7-13/h3-9,16-17,19-20H,10-11H2,1-2H3/t16-,17+,24-/m1/s1/i10D,19D/hD/t10-,16+,17-,24+/m0. The Bertz CT molecular complexity index is 739. The molecule has 2 aromatic carbocycles. The van der Waals surface area contributed by atoms with Gasteiger partial charge >= 0.3 is 0 Å². The SMILES string of the molecule is [2H]Oc1c(OC)cc([C@H]2[C@H]([2H])[C@@H](O[2H])OC[P@]2c2ccccc2)cc1OC. The maximum absolute atomic E-state index is 8.65. The lowest BCUT2D eigenvalue weighted by Gasteiger charge is -2.35. The van der Waals surface area contributed by atoms with E-state index in [0.29, 0.717) is 17.8 Å². The first kappa shape index (κ1) is 13.5. The fraction of sp³-hybridized carbons (Fsp3) is 0.333. The molecule has 2 aromatic rings. The summed E-state index contributed by atoms with van der Waals surface area (Å²) in [6.45, 7) is 0. The largest absolute Gasteiger partial charge is 0.502 e. The van der Waals surface area contributed by atoms with Crippen LogP contribution >= 0.6 is 7.92 Å². The minimum Gasteiger partial charge on any atom is -0.502 e. The van der Waals surface area contributed by atoms with E-state index in [1.807, 2.05) is 30.3 Å². The van der Waals surface area contributed by atoms with E-state index in [1.54, 1.807) is 12.1 Å². The van der Waals surface area contributed by atoms with Gasteiger partial charge in [0.1, 0.15) is 0 Å². The molecule has 6 heteroatoms. The van der Waals surface area contributed by atoms with E-state index < -0.39 is 20.6 Å². The van der Waals surface area contributed by atoms with Gasteiger partial charge in [-0.25, -0.2) is 0 Å². The topological polar surface area (TPSA) is 68.2 Å². The molecule has 24 heavy (non-hydrogen) atoms. The minimum absolute atomic E-state index is 0.176. The van der Waals surface area contributed by atoms with Gasteiger partial charge < -0.3 is 24.4 Å². The quantitative estimate of drug-likeness (QED) is 0.783. The van der Waals surface area contributed by atoms with Crippen molar-refractivity contribution < 1.29 is 25.8 Å². The number of phenols is 1. The van der Waals surface area contributed by atoms with Crippen LogP contribution < -0.4 is 14.8 Å². The van der Waals surface area contributed by atoms with Crippen molar-refractivity contribution in [1.29, 1.82) is 2.86 Å². The van der Waals surface area contributed by atoms with Gasteiger partial charge in [-0.2, -0.15) is 0 Å². The molecule has 4 atom stereocenters. The summed E-state index contributed by atoms with van der Waals surface area (Å²) in [6.07, 6.45) is -1.37. The van der Waals surface area contributed by atoms with Gasteiger partial charge in [-0.05, 0) is 30.9 Å². The van der Waals surface area contributed by atoms with E-state index in [-0.39, 0.29) is 11.4 Å². The van der Waals surface area contributed by atoms with Crippen LogP contribution in [-0.4, -0.2) is 39.9 Å². The average Bonchev–Trinajstić information content (AvgIpc) is 2.72. The van der Waals surface area contributed by atoms with E-state index in [2.05, 4.69) is 10.2 Å². The summed E-state index contributed by atoms with van der Waals surface area (Å²) in [4.78, 5) is 0. The first-order valence-electron chi connectivity index (χ1n) is 8.90. The lowest BCUT2D eigenvalue weighted by molar-refractivity contribution is -0.0928. The van der Waals surface area contributed by atoms with Gasteiger partial charge in [0.25, 0.3) is 1.43 Å². The van der Waals surface area contributed by atoms with Crippen LogP contribution in [0, 0.1) is 0 Å². The Morgan fingerprint density at radius 2 is 1.92 bits per heavy atom. The molecular weight excluding hydrogens is 327 g/mol. The van der Waals surface area contributed by atoms with Crippen LogP contribution in [0.3, 0.4) is 0 Å². The summed E-state index contributed by atoms with van der Waals surface area (Å²) in [5.74, 6) is 0.878. The van der Waals surface area contributed by atoms with Crippen molar-refractivity contribution in [2.24, 2.45) is 0 Å². The molecule has 0 spiro atoms. The zero-order chi connectivity index (χ0) is 19.4. The van der Waals surface area contributed by atoms with Gasteiger partial charge in [-0.1, -0.05) is 30.3 Å². The van der Waals surface area contributed by atoms with Crippen LogP contribution in [-0.2, 0) is 4.74 Å². The summed E-state index contributed by atoms with van der Waals surface area (Å²) < 4.78 is 39.5. The Hall–Kier alpha value is -1.81. The van der Waals surface area contributed by atoms with Gasteiger partial charge in [0.05, 0.1) is 20.6 Å². The van der Waals surface area contributed by atoms with E-state index in [1.165, 1.54) is 14.2 Å². The third-order valence-corrected chi connectivity index (χ3v) is 6.50. The van der Waals surface area contributed by atoms with Gasteiger partial charge in [-0.15, -0.1) is 0 Å². The van der Waals surface area contributed by atoms with Gasteiger partial charge in [0, 0.05) is 13.4 Å². The highest BCUT2D eigenvalue weighted by Crippen LogP contribution is 2.57. The Morgan fingerprint density at radius 1 is 1.21 bits per heavy atom. The fourth-order valence-electron chi connectivity index (χ4n) is 2.76. The van der Waals surface area contributed by atoms with E-state index in [9.17, 15) is 0 Å². The number of ether oxygens (including phenoxy) is 3. The Morgan fingerprint density at radius 3 is 2.50 bits per heavy atom. The third-order valence-electron chi connectivity index (χ3n) is 3.97. The summed E-state index contributed by atoms with van der Waals surface area (Å²) in [7, 11) is 2.07. The minimum atomic E-state index is -0.943. The maximum Gasteiger partial charge on any atom is 0.293 e. The molecule has 1 aliphatic rings. The zero-order valence-electron chi connectivity index (χ0n) is 16.5. The molecule has 0 bridgehead atoms. The van der Waals surface area contributed by atoms with Crippen molar-refractivity contribution in [2.75, 3.05) is 20.6 Å². The van der Waals surface area contributed by atoms with Crippen molar-refractivity contribution in [3.8, 4) is 17.2 Å². The summed E-state index contributed by atoms with van der Waals surface area (Å²) in [5.41, 5.74) is 0.527. The van der Waals surface area contributed by atoms with Crippen molar-refractivity contribution in [2.45, 2.75) is 18.3 Å². The van der Waals surface area contributed by atoms with Crippen molar-refractivity contribution in [3.63, 3.8) is 0 Å². The number of phenolic OH excluding ortho intramolecular Hbond substituents is 1. The van der Waals surface area contributed by atoms with Crippen molar-refractivity contribution >= 4 is 13.2 Å². The van der Waals surface area contributed by atoms with Gasteiger partial charge in [0.2, 0.25) is 7.18 Å². The number of benzene rings is 2. The number of hydrogen-bond donors (Lipinski definition) is 2. The van der Waals surface area contributed by atoms with Crippen molar-refractivity contribution in [1.82, 2.24) is 0 Å². The smallest absolute Gasteiger partial charge is 0.293 e. The molecule has 5 nitrogen and oxygen atoms in total. The molecule has 3 rings (SSSR count). The Kier molecular flexibility index (Phi) is 4.15. The second kappa shape index (κ2) is 7.39. The molecule has 1 aliphatic heterocycles. The Balaban J connectivity index is 2.10. The molecule has 1 fully saturated rings. The average molecular weight is 351 g/mol. The first-order chi connectivity index (χ1) is 13.1. The number of aliphatic hydroxyl groups excluding tert-OH is 1.